The minimum absolute atomic E-state index is 0.953. The van der Waals surface area contributed by atoms with Gasteiger partial charge in [0.25, 0.3) is 0 Å². The molecule has 0 atom stereocenters. The zero-order chi connectivity index (χ0) is 11.1. The number of nitrogens with zero attached hydrogens (tertiary/aromatic N) is 2. The molecule has 0 saturated heterocycles. The van der Waals surface area contributed by atoms with Crippen LogP contribution in [0.15, 0.2) is 18.2 Å². The molecule has 15 heavy (non-hydrogen) atoms. The van der Waals surface area contributed by atoms with Crippen molar-refractivity contribution in [2.45, 2.75) is 13.5 Å². The highest BCUT2D eigenvalue weighted by Crippen LogP contribution is 2.23. The van der Waals surface area contributed by atoms with E-state index in [9.17, 15) is 0 Å². The first kappa shape index (κ1) is 10.6. The Morgan fingerprint density at radius 2 is 2.00 bits per heavy atom. The standard InChI is InChI=1S/C12H17N2S/c1-9-13-11-7-10(8-14(2,3)4)5-6-12(11)15-9/h5-7H,8H2,1-4H3/q+1. The smallest absolute Gasteiger partial charge is 0.104 e. The Balaban J connectivity index is 2.38. The molecule has 2 nitrogen and oxygen atoms in total. The van der Waals surface area contributed by atoms with Gasteiger partial charge in [0.1, 0.15) is 6.54 Å². The van der Waals surface area contributed by atoms with Gasteiger partial charge in [-0.1, -0.05) is 6.07 Å². The van der Waals surface area contributed by atoms with Crippen LogP contribution >= 0.6 is 11.3 Å². The normalized spacial score (nSPS) is 12.3. The fourth-order valence-electron chi connectivity index (χ4n) is 1.73. The Labute approximate surface area is 94.8 Å². The number of aromatic nitrogens is 1. The Morgan fingerprint density at radius 1 is 1.27 bits per heavy atom. The monoisotopic (exact) mass is 221 g/mol. The predicted octanol–water partition coefficient (Wildman–Crippen LogP) is 2.81. The van der Waals surface area contributed by atoms with Crippen molar-refractivity contribution in [2.75, 3.05) is 21.1 Å². The van der Waals surface area contributed by atoms with Gasteiger partial charge in [0.15, 0.2) is 0 Å². The van der Waals surface area contributed by atoms with E-state index < -0.39 is 0 Å². The highest BCUT2D eigenvalue weighted by Gasteiger charge is 2.09. The molecule has 0 fully saturated rings. The SMILES string of the molecule is Cc1nc2cc(C[N+](C)(C)C)ccc2s1. The highest BCUT2D eigenvalue weighted by molar-refractivity contribution is 7.18. The molecule has 2 aromatic rings. The molecule has 0 unspecified atom stereocenters. The fraction of sp³-hybridized carbons (Fsp3) is 0.417. The average Bonchev–Trinajstić information content (AvgIpc) is 2.40. The van der Waals surface area contributed by atoms with Crippen molar-refractivity contribution in [2.24, 2.45) is 0 Å². The fourth-order valence-corrected chi connectivity index (χ4v) is 2.54. The van der Waals surface area contributed by atoms with Gasteiger partial charge in [-0.15, -0.1) is 11.3 Å². The lowest BCUT2D eigenvalue weighted by Gasteiger charge is -2.23. The maximum atomic E-state index is 4.52. The highest BCUT2D eigenvalue weighted by atomic mass is 32.1. The molecule has 80 valence electrons. The van der Waals surface area contributed by atoms with E-state index >= 15 is 0 Å². The summed E-state index contributed by atoms with van der Waals surface area (Å²) in [6, 6.07) is 6.61. The van der Waals surface area contributed by atoms with Crippen LogP contribution in [0, 0.1) is 6.92 Å². The van der Waals surface area contributed by atoms with Gasteiger partial charge >= 0.3 is 0 Å². The first-order valence-corrected chi connectivity index (χ1v) is 5.92. The van der Waals surface area contributed by atoms with Crippen molar-refractivity contribution in [3.63, 3.8) is 0 Å². The number of benzene rings is 1. The van der Waals surface area contributed by atoms with E-state index in [1.165, 1.54) is 10.3 Å². The first-order chi connectivity index (χ1) is 6.94. The topological polar surface area (TPSA) is 12.9 Å². The molecule has 0 aliphatic heterocycles. The molecular weight excluding hydrogens is 204 g/mol. The molecule has 0 amide bonds. The van der Waals surface area contributed by atoms with Gasteiger partial charge in [-0.3, -0.25) is 0 Å². The zero-order valence-electron chi connectivity index (χ0n) is 9.74. The molecule has 0 N–H and O–H groups in total. The molecule has 0 aliphatic carbocycles. The van der Waals surface area contributed by atoms with E-state index in [-0.39, 0.29) is 0 Å². The summed E-state index contributed by atoms with van der Waals surface area (Å²) in [6.45, 7) is 3.11. The van der Waals surface area contributed by atoms with Gasteiger partial charge < -0.3 is 4.48 Å². The lowest BCUT2D eigenvalue weighted by atomic mass is 10.2. The third-order valence-corrected chi connectivity index (χ3v) is 3.17. The maximum Gasteiger partial charge on any atom is 0.104 e. The van der Waals surface area contributed by atoms with Crippen LogP contribution in [0.4, 0.5) is 0 Å². The van der Waals surface area contributed by atoms with Crippen molar-refractivity contribution in [1.82, 2.24) is 4.98 Å². The van der Waals surface area contributed by atoms with Gasteiger partial charge in [0.2, 0.25) is 0 Å². The molecule has 0 spiro atoms. The van der Waals surface area contributed by atoms with Gasteiger partial charge in [-0.05, 0) is 19.1 Å². The summed E-state index contributed by atoms with van der Waals surface area (Å²) in [5, 5.41) is 1.15. The van der Waals surface area contributed by atoms with Crippen LogP contribution < -0.4 is 0 Å². The molecule has 0 saturated carbocycles. The van der Waals surface area contributed by atoms with E-state index in [0.717, 1.165) is 21.6 Å². The molecule has 3 heteroatoms. The van der Waals surface area contributed by atoms with Crippen LogP contribution in [0.5, 0.6) is 0 Å². The van der Waals surface area contributed by atoms with Crippen LogP contribution in [0.3, 0.4) is 0 Å². The average molecular weight is 221 g/mol. The van der Waals surface area contributed by atoms with E-state index in [4.69, 9.17) is 0 Å². The Hall–Kier alpha value is -0.930. The Kier molecular flexibility index (Phi) is 2.52. The van der Waals surface area contributed by atoms with Gasteiger partial charge in [-0.25, -0.2) is 4.98 Å². The van der Waals surface area contributed by atoms with Gasteiger partial charge in [-0.2, -0.15) is 0 Å². The zero-order valence-corrected chi connectivity index (χ0v) is 10.6. The Bertz CT molecular complexity index is 480. The van der Waals surface area contributed by atoms with Gasteiger partial charge in [0, 0.05) is 5.56 Å². The maximum absolute atomic E-state index is 4.52. The molecule has 2 rings (SSSR count). The third-order valence-electron chi connectivity index (χ3n) is 2.22. The van der Waals surface area contributed by atoms with Crippen molar-refractivity contribution in [1.29, 1.82) is 0 Å². The van der Waals surface area contributed by atoms with Crippen molar-refractivity contribution < 1.29 is 4.48 Å². The summed E-state index contributed by atoms with van der Waals surface area (Å²) in [5.41, 5.74) is 2.50. The van der Waals surface area contributed by atoms with Crippen LogP contribution in [0.25, 0.3) is 10.2 Å². The minimum Gasteiger partial charge on any atom is -0.327 e. The van der Waals surface area contributed by atoms with E-state index in [1.807, 2.05) is 0 Å². The number of thiazole rings is 1. The third kappa shape index (κ3) is 2.55. The molecule has 1 heterocycles. The molecule has 1 aromatic carbocycles. The second-order valence-electron chi connectivity index (χ2n) is 4.98. The van der Waals surface area contributed by atoms with E-state index in [1.54, 1.807) is 11.3 Å². The summed E-state index contributed by atoms with van der Waals surface area (Å²) >= 11 is 1.76. The number of hydrogen-bond acceptors (Lipinski definition) is 2. The summed E-state index contributed by atoms with van der Waals surface area (Å²) in [6.07, 6.45) is 0. The molecular formula is C12H17N2S+. The van der Waals surface area contributed by atoms with E-state index in [2.05, 4.69) is 51.2 Å². The second kappa shape index (κ2) is 3.58. The lowest BCUT2D eigenvalue weighted by Crippen LogP contribution is -2.33. The molecule has 0 aliphatic rings. The lowest BCUT2D eigenvalue weighted by molar-refractivity contribution is -0.883. The van der Waals surface area contributed by atoms with Crippen molar-refractivity contribution >= 4 is 21.6 Å². The molecule has 0 radical (unpaired) electrons. The van der Waals surface area contributed by atoms with E-state index in [0.29, 0.717) is 0 Å². The number of aryl methyl sites for hydroxylation is 1. The second-order valence-corrected chi connectivity index (χ2v) is 6.22. The van der Waals surface area contributed by atoms with Crippen molar-refractivity contribution in [3.8, 4) is 0 Å². The molecule has 0 bridgehead atoms. The quantitative estimate of drug-likeness (QED) is 0.711. The summed E-state index contributed by atoms with van der Waals surface area (Å²) in [5.74, 6) is 0. The van der Waals surface area contributed by atoms with Gasteiger partial charge in [0.05, 0.1) is 36.4 Å². The van der Waals surface area contributed by atoms with Crippen LogP contribution in [0.2, 0.25) is 0 Å². The van der Waals surface area contributed by atoms with Crippen LogP contribution in [-0.4, -0.2) is 30.6 Å². The summed E-state index contributed by atoms with van der Waals surface area (Å²) in [4.78, 5) is 4.52. The summed E-state index contributed by atoms with van der Waals surface area (Å²) in [7, 11) is 6.61. The van der Waals surface area contributed by atoms with Crippen LogP contribution in [-0.2, 0) is 6.54 Å². The number of hydrogen-bond donors (Lipinski definition) is 0. The number of quaternary nitrogens is 1. The number of fused-ring (bicyclic) bond motifs is 1. The first-order valence-electron chi connectivity index (χ1n) is 5.10. The van der Waals surface area contributed by atoms with Crippen LogP contribution in [0.1, 0.15) is 10.6 Å². The largest absolute Gasteiger partial charge is 0.327 e. The summed E-state index contributed by atoms with van der Waals surface area (Å²) < 4.78 is 2.24. The van der Waals surface area contributed by atoms with Crippen molar-refractivity contribution in [3.05, 3.63) is 28.8 Å². The number of rotatable bonds is 2. The molecule has 1 aromatic heterocycles. The Morgan fingerprint density at radius 3 is 2.67 bits per heavy atom. The predicted molar refractivity (Wildman–Crippen MR) is 66.1 cm³/mol. The minimum atomic E-state index is 0.953.